The van der Waals surface area contributed by atoms with Gasteiger partial charge in [0.2, 0.25) is 5.91 Å². The van der Waals surface area contributed by atoms with Crippen molar-refractivity contribution in [3.8, 4) is 0 Å². The molecule has 0 atom stereocenters. The second kappa shape index (κ2) is 7.87. The molecule has 0 spiro atoms. The molecule has 7 heteroatoms. The molecular formula is C14H20F3N3O. The van der Waals surface area contributed by atoms with E-state index in [1.54, 1.807) is 36.2 Å². The van der Waals surface area contributed by atoms with Gasteiger partial charge < -0.3 is 16.0 Å². The number of nitrogens with zero attached hydrogens (tertiary/aromatic N) is 1. The topological polar surface area (TPSA) is 58.4 Å². The van der Waals surface area contributed by atoms with E-state index in [0.717, 1.165) is 0 Å². The van der Waals surface area contributed by atoms with E-state index < -0.39 is 12.6 Å². The molecule has 0 radical (unpaired) electrons. The first-order valence-electron chi connectivity index (χ1n) is 6.67. The third kappa shape index (κ3) is 8.19. The van der Waals surface area contributed by atoms with Crippen LogP contribution in [0.3, 0.4) is 0 Å². The van der Waals surface area contributed by atoms with Crippen LogP contribution in [0.5, 0.6) is 0 Å². The molecule has 0 aliphatic rings. The van der Waals surface area contributed by atoms with Gasteiger partial charge in [-0.15, -0.1) is 0 Å². The Kier molecular flexibility index (Phi) is 6.48. The van der Waals surface area contributed by atoms with Gasteiger partial charge in [-0.2, -0.15) is 13.2 Å². The van der Waals surface area contributed by atoms with Crippen LogP contribution in [0.2, 0.25) is 0 Å². The summed E-state index contributed by atoms with van der Waals surface area (Å²) in [5, 5.41) is 2.71. The number of hydrogen-bond acceptors (Lipinski definition) is 3. The second-order valence-corrected chi connectivity index (χ2v) is 4.94. The number of nitrogen functional groups attached to an aromatic ring is 1. The maximum atomic E-state index is 12.0. The van der Waals surface area contributed by atoms with E-state index in [2.05, 4.69) is 5.32 Å². The van der Waals surface area contributed by atoms with Crippen molar-refractivity contribution < 1.29 is 18.0 Å². The lowest BCUT2D eigenvalue weighted by Crippen LogP contribution is -2.26. The predicted molar refractivity (Wildman–Crippen MR) is 76.9 cm³/mol. The molecule has 1 rings (SSSR count). The van der Waals surface area contributed by atoms with Crippen LogP contribution in [0.4, 0.5) is 24.5 Å². The number of nitrogens with one attached hydrogen (secondary N) is 1. The summed E-state index contributed by atoms with van der Waals surface area (Å²) in [6.45, 7) is 0.397. The van der Waals surface area contributed by atoms with Crippen molar-refractivity contribution in [3.63, 3.8) is 0 Å². The summed E-state index contributed by atoms with van der Waals surface area (Å²) in [6.07, 6.45) is -4.20. The van der Waals surface area contributed by atoms with Crippen LogP contribution in [0.15, 0.2) is 24.3 Å². The summed E-state index contributed by atoms with van der Waals surface area (Å²) in [6, 6.07) is 6.76. The quantitative estimate of drug-likeness (QED) is 0.762. The number of anilines is 2. The molecule has 0 saturated carbocycles. The van der Waals surface area contributed by atoms with Crippen LogP contribution in [0, 0.1) is 0 Å². The number of benzene rings is 1. The van der Waals surface area contributed by atoms with Crippen LogP contribution in [0.1, 0.15) is 19.3 Å². The van der Waals surface area contributed by atoms with Gasteiger partial charge in [0.25, 0.3) is 0 Å². The van der Waals surface area contributed by atoms with Crippen LogP contribution in [0.25, 0.3) is 0 Å². The summed E-state index contributed by atoms with van der Waals surface area (Å²) >= 11 is 0. The number of carbonyl (C=O) groups is 1. The zero-order valence-corrected chi connectivity index (χ0v) is 11.9. The molecule has 0 fully saturated rings. The van der Waals surface area contributed by atoms with Crippen LogP contribution < -0.4 is 11.1 Å². The Morgan fingerprint density at radius 1 is 1.24 bits per heavy atom. The Morgan fingerprint density at radius 2 is 1.86 bits per heavy atom. The minimum Gasteiger partial charge on any atom is -0.399 e. The van der Waals surface area contributed by atoms with Gasteiger partial charge in [0.1, 0.15) is 0 Å². The van der Waals surface area contributed by atoms with Gasteiger partial charge in [0.15, 0.2) is 0 Å². The lowest BCUT2D eigenvalue weighted by atomic mass is 10.2. The van der Waals surface area contributed by atoms with Crippen LogP contribution >= 0.6 is 0 Å². The summed E-state index contributed by atoms with van der Waals surface area (Å²) in [5.74, 6) is -0.163. The molecule has 3 N–H and O–H groups in total. The predicted octanol–water partition coefficient (Wildman–Crippen LogP) is 2.87. The first-order chi connectivity index (χ1) is 9.76. The summed E-state index contributed by atoms with van der Waals surface area (Å²) < 4.78 is 36.1. The monoisotopic (exact) mass is 303 g/mol. The van der Waals surface area contributed by atoms with Gasteiger partial charge in [-0.1, -0.05) is 0 Å². The third-order valence-corrected chi connectivity index (χ3v) is 2.92. The van der Waals surface area contributed by atoms with Gasteiger partial charge in [-0.25, -0.2) is 0 Å². The third-order valence-electron chi connectivity index (χ3n) is 2.92. The van der Waals surface area contributed by atoms with Crippen LogP contribution in [-0.4, -0.2) is 37.1 Å². The van der Waals surface area contributed by atoms with E-state index in [-0.39, 0.29) is 18.9 Å². The highest BCUT2D eigenvalue weighted by atomic mass is 19.4. The van der Waals surface area contributed by atoms with Crippen molar-refractivity contribution in [1.29, 1.82) is 0 Å². The van der Waals surface area contributed by atoms with Crippen molar-refractivity contribution in [2.45, 2.75) is 25.4 Å². The Balaban J connectivity index is 2.20. The summed E-state index contributed by atoms with van der Waals surface area (Å²) in [7, 11) is 1.61. The zero-order chi connectivity index (χ0) is 15.9. The van der Waals surface area contributed by atoms with Crippen molar-refractivity contribution >= 4 is 17.3 Å². The van der Waals surface area contributed by atoms with E-state index in [1.807, 2.05) is 0 Å². The zero-order valence-electron chi connectivity index (χ0n) is 11.9. The maximum Gasteiger partial charge on any atom is 0.390 e. The molecule has 1 aromatic rings. The first kappa shape index (κ1) is 17.3. The average Bonchev–Trinajstić information content (AvgIpc) is 2.38. The average molecular weight is 303 g/mol. The molecule has 0 bridgehead atoms. The number of rotatable bonds is 7. The molecule has 118 valence electrons. The Morgan fingerprint density at radius 3 is 2.43 bits per heavy atom. The molecular weight excluding hydrogens is 283 g/mol. The highest BCUT2D eigenvalue weighted by molar-refractivity contribution is 5.90. The van der Waals surface area contributed by atoms with Crippen molar-refractivity contribution in [1.82, 2.24) is 4.90 Å². The largest absolute Gasteiger partial charge is 0.399 e. The van der Waals surface area contributed by atoms with Gasteiger partial charge >= 0.3 is 6.18 Å². The second-order valence-electron chi connectivity index (χ2n) is 4.94. The van der Waals surface area contributed by atoms with Gasteiger partial charge in [-0.05, 0) is 44.3 Å². The van der Waals surface area contributed by atoms with Crippen molar-refractivity contribution in [2.75, 3.05) is 31.2 Å². The fraction of sp³-hybridized carbons (Fsp3) is 0.500. The SMILES string of the molecule is CN(CCCC(=O)Nc1ccc(N)cc1)CCC(F)(F)F. The normalized spacial score (nSPS) is 11.7. The number of hydrogen-bond donors (Lipinski definition) is 2. The Hall–Kier alpha value is -1.76. The number of carbonyl (C=O) groups excluding carboxylic acids is 1. The van der Waals surface area contributed by atoms with Crippen LogP contribution in [-0.2, 0) is 4.79 Å². The Labute approximate surface area is 122 Å². The molecule has 0 aliphatic heterocycles. The fourth-order valence-corrected chi connectivity index (χ4v) is 1.73. The highest BCUT2D eigenvalue weighted by Gasteiger charge is 2.26. The maximum absolute atomic E-state index is 12.0. The molecule has 21 heavy (non-hydrogen) atoms. The molecule has 1 amide bonds. The smallest absolute Gasteiger partial charge is 0.390 e. The standard InChI is InChI=1S/C14H20F3N3O/c1-20(10-8-14(15,16)17)9-2-3-13(21)19-12-6-4-11(18)5-7-12/h4-7H,2-3,8-10,18H2,1H3,(H,19,21). The van der Waals surface area contributed by atoms with E-state index in [4.69, 9.17) is 5.73 Å². The van der Waals surface area contributed by atoms with E-state index in [1.165, 1.54) is 0 Å². The number of alkyl halides is 3. The molecule has 0 heterocycles. The van der Waals surface area contributed by atoms with E-state index >= 15 is 0 Å². The molecule has 0 aromatic heterocycles. The molecule has 4 nitrogen and oxygen atoms in total. The number of nitrogens with two attached hydrogens (primary N) is 1. The highest BCUT2D eigenvalue weighted by Crippen LogP contribution is 2.19. The molecule has 1 aromatic carbocycles. The van der Waals surface area contributed by atoms with Crippen molar-refractivity contribution in [3.05, 3.63) is 24.3 Å². The van der Waals surface area contributed by atoms with Gasteiger partial charge in [-0.3, -0.25) is 4.79 Å². The van der Waals surface area contributed by atoms with E-state index in [0.29, 0.717) is 24.3 Å². The number of halogens is 3. The lowest BCUT2D eigenvalue weighted by Gasteiger charge is -2.17. The molecule has 0 aliphatic carbocycles. The van der Waals surface area contributed by atoms with Gasteiger partial charge in [0.05, 0.1) is 6.42 Å². The minimum absolute atomic E-state index is 0.0525. The minimum atomic E-state index is -4.14. The summed E-state index contributed by atoms with van der Waals surface area (Å²) in [5.41, 5.74) is 6.79. The lowest BCUT2D eigenvalue weighted by molar-refractivity contribution is -0.137. The van der Waals surface area contributed by atoms with Crippen molar-refractivity contribution in [2.24, 2.45) is 0 Å². The number of amides is 1. The Bertz CT molecular complexity index is 446. The first-order valence-corrected chi connectivity index (χ1v) is 6.67. The molecule has 0 saturated heterocycles. The fourth-order valence-electron chi connectivity index (χ4n) is 1.73. The summed E-state index contributed by atoms with van der Waals surface area (Å²) in [4.78, 5) is 13.2. The van der Waals surface area contributed by atoms with E-state index in [9.17, 15) is 18.0 Å². The van der Waals surface area contributed by atoms with Gasteiger partial charge in [0, 0.05) is 24.3 Å². The molecule has 0 unspecified atom stereocenters.